The van der Waals surface area contributed by atoms with Crippen LogP contribution in [-0.2, 0) is 14.9 Å². The van der Waals surface area contributed by atoms with Gasteiger partial charge in [-0.05, 0) is 29.9 Å². The summed E-state index contributed by atoms with van der Waals surface area (Å²) in [6.07, 6.45) is 4.16. The number of hydrogen-bond acceptors (Lipinski definition) is 4. The van der Waals surface area contributed by atoms with Crippen LogP contribution in [0.4, 0.5) is 0 Å². The second kappa shape index (κ2) is 11.4. The van der Waals surface area contributed by atoms with Gasteiger partial charge in [0.1, 0.15) is 0 Å². The molecule has 2 N–H and O–H groups in total. The summed E-state index contributed by atoms with van der Waals surface area (Å²) in [5, 5.41) is 0.781. The number of thiol groups is 1. The van der Waals surface area contributed by atoms with E-state index in [2.05, 4.69) is 37.7 Å². The zero-order valence-electron chi connectivity index (χ0n) is 12.4. The predicted molar refractivity (Wildman–Crippen MR) is 90.9 cm³/mol. The van der Waals surface area contributed by atoms with E-state index in [1.54, 1.807) is 0 Å². The Hall–Kier alpha value is -1.31. The van der Waals surface area contributed by atoms with Crippen LogP contribution in [0.5, 0.6) is 0 Å². The highest BCUT2D eigenvalue weighted by atomic mass is 32.2. The number of carbonyl (C=O) groups is 1. The Bertz CT molecular complexity index is 507. The fraction of sp³-hybridized carbons (Fsp3) is 0.357. The smallest absolute Gasteiger partial charge is 0.276 e. The van der Waals surface area contributed by atoms with Crippen LogP contribution >= 0.6 is 12.6 Å². The maximum Gasteiger partial charge on any atom is 0.276 e. The van der Waals surface area contributed by atoms with Crippen molar-refractivity contribution < 1.29 is 17.8 Å². The van der Waals surface area contributed by atoms with Gasteiger partial charge in [0.15, 0.2) is 5.25 Å². The minimum absolute atomic E-state index is 0.0966. The topological polar surface area (TPSA) is 83.5 Å². The minimum Gasteiger partial charge on any atom is -0.325 e. The summed E-state index contributed by atoms with van der Waals surface area (Å²) < 4.78 is 31.2. The fourth-order valence-electron chi connectivity index (χ4n) is 1.16. The molecule has 0 aliphatic rings. The molecule has 0 rings (SSSR count). The first kappa shape index (κ1) is 22.0. The molecule has 0 aromatic carbocycles. The van der Waals surface area contributed by atoms with Gasteiger partial charge in [-0.25, -0.2) is 0 Å². The van der Waals surface area contributed by atoms with E-state index in [1.165, 1.54) is 18.2 Å². The largest absolute Gasteiger partial charge is 0.325 e. The number of nitrogens with one attached hydrogen (secondary N) is 1. The monoisotopic (exact) mass is 333 g/mol. The number of carbonyl (C=O) groups excluding carboxylic acids is 1. The van der Waals surface area contributed by atoms with E-state index in [0.29, 0.717) is 5.57 Å². The molecule has 120 valence electrons. The van der Waals surface area contributed by atoms with Crippen LogP contribution in [0.25, 0.3) is 0 Å². The Balaban J connectivity index is 0. The Morgan fingerprint density at radius 3 is 2.19 bits per heavy atom. The van der Waals surface area contributed by atoms with Crippen molar-refractivity contribution in [2.75, 3.05) is 5.75 Å². The van der Waals surface area contributed by atoms with Crippen molar-refractivity contribution in [3.8, 4) is 0 Å². The van der Waals surface area contributed by atoms with Crippen molar-refractivity contribution in [2.24, 2.45) is 0 Å². The van der Waals surface area contributed by atoms with Crippen LogP contribution in [0, 0.1) is 0 Å². The van der Waals surface area contributed by atoms with Crippen LogP contribution in [0.15, 0.2) is 49.2 Å². The highest BCUT2D eigenvalue weighted by Gasteiger charge is 2.30. The first-order valence-electron chi connectivity index (χ1n) is 6.29. The number of rotatable bonds is 8. The van der Waals surface area contributed by atoms with E-state index >= 15 is 0 Å². The third kappa shape index (κ3) is 9.28. The first-order chi connectivity index (χ1) is 9.76. The second-order valence-corrected chi connectivity index (χ2v) is 5.63. The number of amides is 1. The van der Waals surface area contributed by atoms with Crippen molar-refractivity contribution in [2.45, 2.75) is 25.5 Å². The molecule has 5 nitrogen and oxygen atoms in total. The Labute approximate surface area is 132 Å². The molecule has 1 unspecified atom stereocenters. The summed E-state index contributed by atoms with van der Waals surface area (Å²) in [5.41, 5.74) is 0.788. The Morgan fingerprint density at radius 2 is 1.86 bits per heavy atom. The third-order valence-corrected chi connectivity index (χ3v) is 3.56. The lowest BCUT2D eigenvalue weighted by molar-refractivity contribution is -0.120. The maximum atomic E-state index is 11.8. The summed E-state index contributed by atoms with van der Waals surface area (Å²) in [4.78, 5) is 11.8. The molecule has 0 radical (unpaired) electrons. The van der Waals surface area contributed by atoms with Gasteiger partial charge in [0.25, 0.3) is 10.1 Å². The zero-order valence-corrected chi connectivity index (χ0v) is 14.1. The van der Waals surface area contributed by atoms with E-state index in [-0.39, 0.29) is 17.9 Å². The van der Waals surface area contributed by atoms with Gasteiger partial charge in [-0.15, -0.1) is 0 Å². The highest BCUT2D eigenvalue weighted by molar-refractivity contribution is 7.87. The fourth-order valence-corrected chi connectivity index (χ4v) is 2.34. The van der Waals surface area contributed by atoms with Gasteiger partial charge in [0.05, 0.1) is 0 Å². The quantitative estimate of drug-likeness (QED) is 0.362. The van der Waals surface area contributed by atoms with E-state index < -0.39 is 21.3 Å². The summed E-state index contributed by atoms with van der Waals surface area (Å²) in [6, 6.07) is 0. The van der Waals surface area contributed by atoms with Crippen molar-refractivity contribution >= 4 is 28.7 Å². The molecule has 0 bridgehead atoms. The van der Waals surface area contributed by atoms with Crippen molar-refractivity contribution in [3.05, 3.63) is 49.2 Å². The molecule has 0 fully saturated rings. The summed E-state index contributed by atoms with van der Waals surface area (Å²) in [7, 11) is -4.48. The van der Waals surface area contributed by atoms with Crippen LogP contribution in [0.2, 0.25) is 0 Å². The van der Waals surface area contributed by atoms with E-state index in [9.17, 15) is 13.2 Å². The third-order valence-electron chi connectivity index (χ3n) is 2.13. The number of allylic oxidation sites excluding steroid dienone is 4. The van der Waals surface area contributed by atoms with Gasteiger partial charge < -0.3 is 5.32 Å². The average molecular weight is 333 g/mol. The molecule has 0 aliphatic carbocycles. The molecule has 7 heteroatoms. The molecule has 0 aromatic heterocycles. The van der Waals surface area contributed by atoms with E-state index in [1.807, 2.05) is 13.8 Å². The molecule has 1 amide bonds. The van der Waals surface area contributed by atoms with Crippen molar-refractivity contribution in [3.63, 3.8) is 0 Å². The highest BCUT2D eigenvalue weighted by Crippen LogP contribution is 2.08. The first-order valence-corrected chi connectivity index (χ1v) is 8.43. The van der Waals surface area contributed by atoms with Gasteiger partial charge in [-0.2, -0.15) is 21.0 Å². The average Bonchev–Trinajstić information content (AvgIpc) is 2.44. The summed E-state index contributed by atoms with van der Waals surface area (Å²) in [6.45, 7) is 14.6. The molecule has 0 saturated carbocycles. The molecule has 0 aromatic rings. The normalized spacial score (nSPS) is 12.5. The lowest BCUT2D eigenvalue weighted by Crippen LogP contribution is -2.39. The second-order valence-electron chi connectivity index (χ2n) is 3.59. The van der Waals surface area contributed by atoms with Crippen molar-refractivity contribution in [1.29, 1.82) is 0 Å². The zero-order chi connectivity index (χ0) is 17.1. The van der Waals surface area contributed by atoms with Gasteiger partial charge in [-0.1, -0.05) is 39.7 Å². The van der Waals surface area contributed by atoms with Gasteiger partial charge in [0.2, 0.25) is 5.91 Å². The predicted octanol–water partition coefficient (Wildman–Crippen LogP) is 2.52. The minimum atomic E-state index is -4.48. The summed E-state index contributed by atoms with van der Waals surface area (Å²) >= 11 is 3.85. The van der Waals surface area contributed by atoms with Gasteiger partial charge in [-0.3, -0.25) is 9.35 Å². The number of hydrogen-bond donors (Lipinski definition) is 3. The molecule has 21 heavy (non-hydrogen) atoms. The molecule has 0 spiro atoms. The molecular formula is C14H23NO4S2. The molecule has 0 aliphatic heterocycles. The van der Waals surface area contributed by atoms with Crippen molar-refractivity contribution in [1.82, 2.24) is 5.32 Å². The lowest BCUT2D eigenvalue weighted by atomic mass is 10.2. The van der Waals surface area contributed by atoms with E-state index in [4.69, 9.17) is 4.55 Å². The molecule has 0 saturated heterocycles. The molecule has 1 atom stereocenters. The van der Waals surface area contributed by atoms with E-state index in [0.717, 1.165) is 0 Å². The van der Waals surface area contributed by atoms with Crippen LogP contribution in [0.3, 0.4) is 0 Å². The lowest BCUT2D eigenvalue weighted by Gasteiger charge is -2.13. The maximum absolute atomic E-state index is 11.8. The molecular weight excluding hydrogens is 310 g/mol. The Kier molecular flexibility index (Phi) is 11.9. The SMILES string of the molecule is C=CC(=C)/C=C(\C=C)NC(=O)C(CCS)S(=O)(=O)O.CC. The summed E-state index contributed by atoms with van der Waals surface area (Å²) in [5.74, 6) is -0.704. The van der Waals surface area contributed by atoms with Crippen LogP contribution < -0.4 is 5.32 Å². The Morgan fingerprint density at radius 1 is 1.33 bits per heavy atom. The molecule has 0 heterocycles. The van der Waals surface area contributed by atoms with Gasteiger partial charge >= 0.3 is 0 Å². The van der Waals surface area contributed by atoms with Crippen LogP contribution in [-0.4, -0.2) is 29.9 Å². The van der Waals surface area contributed by atoms with Gasteiger partial charge in [0, 0.05) is 5.70 Å². The standard InChI is InChI=1S/C12H17NO4S2.C2H6/c1-4-9(3)8-10(5-2)13-12(14)11(6-7-18)19(15,16)17;1-2/h4-5,8,11,18H,1-3,6-7H2,(H,13,14)(H,15,16,17);1-2H3/b10-8+;. The van der Waals surface area contributed by atoms with Crippen LogP contribution in [0.1, 0.15) is 20.3 Å².